The summed E-state index contributed by atoms with van der Waals surface area (Å²) in [4.78, 5) is 15.4. The van der Waals surface area contributed by atoms with Crippen molar-refractivity contribution in [2.45, 2.75) is 13.5 Å². The lowest BCUT2D eigenvalue weighted by molar-refractivity contribution is 0.146. The number of anilines is 1. The number of amides is 1. The maximum absolute atomic E-state index is 11.8. The highest BCUT2D eigenvalue weighted by atomic mass is 35.5. The van der Waals surface area contributed by atoms with E-state index in [0.29, 0.717) is 5.56 Å². The molecule has 0 aliphatic carbocycles. The van der Waals surface area contributed by atoms with Crippen LogP contribution in [-0.4, -0.2) is 19.5 Å². The zero-order chi connectivity index (χ0) is 16.9. The highest BCUT2D eigenvalue weighted by Gasteiger charge is 2.16. The van der Waals surface area contributed by atoms with Crippen LogP contribution in [-0.2, 0) is 21.6 Å². The Hall–Kier alpha value is -2.32. The van der Waals surface area contributed by atoms with Gasteiger partial charge in [0.2, 0.25) is 0 Å². The van der Waals surface area contributed by atoms with Gasteiger partial charge in [-0.05, 0) is 24.1 Å². The normalized spacial score (nSPS) is 10.9. The molecule has 0 unspecified atom stereocenters. The number of halogens is 1. The van der Waals surface area contributed by atoms with Crippen LogP contribution in [0.1, 0.15) is 11.1 Å². The molecular formula is C14H14ClN3O4S. The van der Waals surface area contributed by atoms with Crippen LogP contribution in [0.5, 0.6) is 0 Å². The van der Waals surface area contributed by atoms with Gasteiger partial charge in [0.25, 0.3) is 0 Å². The van der Waals surface area contributed by atoms with E-state index < -0.39 is 16.3 Å². The molecule has 9 heteroatoms. The predicted molar refractivity (Wildman–Crippen MR) is 86.3 cm³/mol. The fourth-order valence-electron chi connectivity index (χ4n) is 1.66. The fourth-order valence-corrected chi connectivity index (χ4v) is 2.51. The van der Waals surface area contributed by atoms with Crippen LogP contribution in [0, 0.1) is 6.92 Å². The van der Waals surface area contributed by atoms with Crippen molar-refractivity contribution in [2.75, 3.05) is 4.72 Å². The van der Waals surface area contributed by atoms with Crippen LogP contribution in [0.2, 0.25) is 5.15 Å². The third-order valence-electron chi connectivity index (χ3n) is 2.70. The quantitative estimate of drug-likeness (QED) is 0.803. The van der Waals surface area contributed by atoms with Crippen LogP contribution in [0.4, 0.5) is 10.5 Å². The Morgan fingerprint density at radius 2 is 2.00 bits per heavy atom. The minimum Gasteiger partial charge on any atom is -0.444 e. The lowest BCUT2D eigenvalue weighted by Gasteiger charge is -2.10. The fraction of sp³-hybridized carbons (Fsp3) is 0.143. The van der Waals surface area contributed by atoms with Crippen molar-refractivity contribution < 1.29 is 17.9 Å². The molecule has 0 fully saturated rings. The molecule has 23 heavy (non-hydrogen) atoms. The Balaban J connectivity index is 1.92. The highest BCUT2D eigenvalue weighted by Crippen LogP contribution is 2.16. The van der Waals surface area contributed by atoms with Gasteiger partial charge in [-0.25, -0.2) is 14.5 Å². The van der Waals surface area contributed by atoms with Gasteiger partial charge in [0.05, 0.1) is 11.9 Å². The number of benzene rings is 1. The summed E-state index contributed by atoms with van der Waals surface area (Å²) >= 11 is 5.76. The van der Waals surface area contributed by atoms with Crippen LogP contribution < -0.4 is 9.44 Å². The van der Waals surface area contributed by atoms with Gasteiger partial charge in [-0.2, -0.15) is 8.42 Å². The number of carbonyl (C=O) groups is 1. The number of nitrogens with zero attached hydrogens (tertiary/aromatic N) is 1. The molecule has 1 aromatic heterocycles. The van der Waals surface area contributed by atoms with Crippen molar-refractivity contribution in [1.29, 1.82) is 0 Å². The number of hydrogen-bond donors (Lipinski definition) is 2. The summed E-state index contributed by atoms with van der Waals surface area (Å²) in [6.45, 7) is 1.64. The summed E-state index contributed by atoms with van der Waals surface area (Å²) < 4.78 is 32.4. The minimum absolute atomic E-state index is 0.0379. The van der Waals surface area contributed by atoms with E-state index in [-0.39, 0.29) is 17.4 Å². The molecular weight excluding hydrogens is 342 g/mol. The number of hydrogen-bond acceptors (Lipinski definition) is 5. The van der Waals surface area contributed by atoms with E-state index in [4.69, 9.17) is 16.3 Å². The summed E-state index contributed by atoms with van der Waals surface area (Å²) in [5, 5.41) is 0.267. The minimum atomic E-state index is -4.13. The Labute approximate surface area is 138 Å². The number of ether oxygens (including phenoxy) is 1. The third kappa shape index (κ3) is 5.42. The van der Waals surface area contributed by atoms with Crippen molar-refractivity contribution in [3.8, 4) is 0 Å². The van der Waals surface area contributed by atoms with Crippen molar-refractivity contribution in [3.63, 3.8) is 0 Å². The monoisotopic (exact) mass is 355 g/mol. The Morgan fingerprint density at radius 3 is 2.65 bits per heavy atom. The molecule has 1 heterocycles. The van der Waals surface area contributed by atoms with E-state index in [1.54, 1.807) is 35.9 Å². The first-order valence-corrected chi connectivity index (χ1v) is 8.35. The molecule has 0 aliphatic rings. The molecule has 1 amide bonds. The molecule has 7 nitrogen and oxygen atoms in total. The lowest BCUT2D eigenvalue weighted by Crippen LogP contribution is -2.35. The molecule has 2 N–H and O–H groups in total. The maximum Gasteiger partial charge on any atom is 0.422 e. The SMILES string of the molecule is Cc1cc(NS(=O)(=O)NC(=O)OCc2ccccc2)cnc1Cl. The molecule has 2 rings (SSSR count). The van der Waals surface area contributed by atoms with Gasteiger partial charge in [-0.1, -0.05) is 41.9 Å². The summed E-state index contributed by atoms with van der Waals surface area (Å²) in [6, 6.07) is 10.4. The van der Waals surface area contributed by atoms with Gasteiger partial charge in [0.15, 0.2) is 0 Å². The lowest BCUT2D eigenvalue weighted by atomic mass is 10.2. The molecule has 2 aromatic rings. The zero-order valence-electron chi connectivity index (χ0n) is 12.1. The first-order chi connectivity index (χ1) is 10.9. The smallest absolute Gasteiger partial charge is 0.422 e. The summed E-state index contributed by atoms with van der Waals surface area (Å²) in [7, 11) is -4.13. The molecule has 1 aromatic carbocycles. The molecule has 0 bridgehead atoms. The topological polar surface area (TPSA) is 97.4 Å². The Morgan fingerprint density at radius 1 is 1.30 bits per heavy atom. The first kappa shape index (κ1) is 17.0. The van der Waals surface area contributed by atoms with Gasteiger partial charge >= 0.3 is 16.3 Å². The number of nitrogens with one attached hydrogen (secondary N) is 2. The molecule has 0 saturated heterocycles. The van der Waals surface area contributed by atoms with E-state index in [0.717, 1.165) is 5.56 Å². The summed E-state index contributed by atoms with van der Waals surface area (Å²) in [6.07, 6.45) is 0.157. The van der Waals surface area contributed by atoms with Crippen LogP contribution >= 0.6 is 11.6 Å². The van der Waals surface area contributed by atoms with Crippen molar-refractivity contribution >= 4 is 33.6 Å². The molecule has 0 atom stereocenters. The first-order valence-electron chi connectivity index (χ1n) is 6.49. The van der Waals surface area contributed by atoms with Crippen molar-refractivity contribution in [3.05, 3.63) is 58.9 Å². The Bertz CT molecular complexity index is 797. The van der Waals surface area contributed by atoms with Gasteiger partial charge < -0.3 is 4.74 Å². The van der Waals surface area contributed by atoms with Gasteiger partial charge in [0.1, 0.15) is 11.8 Å². The summed E-state index contributed by atoms with van der Waals surface area (Å²) in [5.74, 6) is 0. The Kier molecular flexibility index (Phi) is 5.41. The molecule has 0 aliphatic heterocycles. The van der Waals surface area contributed by atoms with E-state index in [9.17, 15) is 13.2 Å². The van der Waals surface area contributed by atoms with Crippen LogP contribution in [0.3, 0.4) is 0 Å². The number of aromatic nitrogens is 1. The second-order valence-corrected chi connectivity index (χ2v) is 6.37. The predicted octanol–water partition coefficient (Wildman–Crippen LogP) is 2.63. The molecule has 0 spiro atoms. The van der Waals surface area contributed by atoms with Gasteiger partial charge in [-0.15, -0.1) is 0 Å². The second-order valence-electron chi connectivity index (χ2n) is 4.60. The number of aryl methyl sites for hydroxylation is 1. The van der Waals surface area contributed by atoms with E-state index in [2.05, 4.69) is 9.71 Å². The summed E-state index contributed by atoms with van der Waals surface area (Å²) in [5.41, 5.74) is 1.51. The van der Waals surface area contributed by atoms with Gasteiger partial charge in [-0.3, -0.25) is 4.72 Å². The zero-order valence-corrected chi connectivity index (χ0v) is 13.7. The van der Waals surface area contributed by atoms with E-state index >= 15 is 0 Å². The van der Waals surface area contributed by atoms with Crippen molar-refractivity contribution in [2.24, 2.45) is 0 Å². The van der Waals surface area contributed by atoms with Crippen molar-refractivity contribution in [1.82, 2.24) is 9.71 Å². The standard InChI is InChI=1S/C14H14ClN3O4S/c1-10-7-12(8-16-13(10)15)17-23(20,21)18-14(19)22-9-11-5-3-2-4-6-11/h2-8,17H,9H2,1H3,(H,18,19). The van der Waals surface area contributed by atoms with Crippen LogP contribution in [0.25, 0.3) is 0 Å². The van der Waals surface area contributed by atoms with E-state index in [1.807, 2.05) is 6.07 Å². The average molecular weight is 356 g/mol. The number of carbonyl (C=O) groups excluding carboxylic acids is 1. The average Bonchev–Trinajstić information content (AvgIpc) is 2.49. The number of rotatable bonds is 5. The molecule has 122 valence electrons. The van der Waals surface area contributed by atoms with E-state index in [1.165, 1.54) is 12.3 Å². The second kappa shape index (κ2) is 7.30. The molecule has 0 saturated carbocycles. The highest BCUT2D eigenvalue weighted by molar-refractivity contribution is 7.91. The van der Waals surface area contributed by atoms with Crippen LogP contribution in [0.15, 0.2) is 42.6 Å². The van der Waals surface area contributed by atoms with Gasteiger partial charge in [0, 0.05) is 0 Å². The number of pyridine rings is 1. The third-order valence-corrected chi connectivity index (χ3v) is 4.03. The molecule has 0 radical (unpaired) electrons. The largest absolute Gasteiger partial charge is 0.444 e. The maximum atomic E-state index is 11.8.